The Balaban J connectivity index is 1.75. The third-order valence-corrected chi connectivity index (χ3v) is 5.23. The molecule has 0 aliphatic carbocycles. The number of nitro benzene ring substituents is 1. The molecule has 0 amide bonds. The largest absolute Gasteiger partial charge is 0.460 e. The first-order valence-corrected chi connectivity index (χ1v) is 9.81. The average molecular weight is 377 g/mol. The van der Waals surface area contributed by atoms with E-state index in [-0.39, 0.29) is 18.0 Å². The summed E-state index contributed by atoms with van der Waals surface area (Å²) in [5, 5.41) is 10.6. The Morgan fingerprint density at radius 1 is 1.00 bits per heavy atom. The van der Waals surface area contributed by atoms with Gasteiger partial charge in [0, 0.05) is 12.1 Å². The molecule has 0 aliphatic rings. The van der Waals surface area contributed by atoms with Crippen molar-refractivity contribution in [3.63, 3.8) is 0 Å². The van der Waals surface area contributed by atoms with Crippen molar-refractivity contribution in [1.82, 2.24) is 0 Å². The molecule has 0 atom stereocenters. The summed E-state index contributed by atoms with van der Waals surface area (Å²) in [7, 11) is -3.54. The fourth-order valence-corrected chi connectivity index (χ4v) is 3.48. The Morgan fingerprint density at radius 3 is 2.27 bits per heavy atom. The molecular formula is C18H19NO6S. The van der Waals surface area contributed by atoms with Crippen molar-refractivity contribution in [2.75, 3.05) is 11.5 Å². The van der Waals surface area contributed by atoms with Gasteiger partial charge in [0.1, 0.15) is 12.4 Å². The van der Waals surface area contributed by atoms with E-state index in [2.05, 4.69) is 0 Å². The normalized spacial score (nSPS) is 11.1. The third-order valence-electron chi connectivity index (χ3n) is 3.65. The van der Waals surface area contributed by atoms with Crippen LogP contribution in [-0.2, 0) is 32.4 Å². The summed E-state index contributed by atoms with van der Waals surface area (Å²) >= 11 is 0. The van der Waals surface area contributed by atoms with Gasteiger partial charge in [0.25, 0.3) is 5.69 Å². The highest BCUT2D eigenvalue weighted by Crippen LogP contribution is 2.13. The molecule has 0 aromatic heterocycles. The number of aryl methyl sites for hydroxylation is 1. The average Bonchev–Trinajstić information content (AvgIpc) is 2.60. The number of nitrogens with zero attached hydrogens (tertiary/aromatic N) is 1. The lowest BCUT2D eigenvalue weighted by molar-refractivity contribution is -0.384. The predicted molar refractivity (Wildman–Crippen MR) is 96.3 cm³/mol. The molecule has 2 aromatic carbocycles. The zero-order valence-electron chi connectivity index (χ0n) is 14.0. The molecule has 0 fully saturated rings. The summed E-state index contributed by atoms with van der Waals surface area (Å²) < 4.78 is 28.9. The van der Waals surface area contributed by atoms with Crippen molar-refractivity contribution in [2.24, 2.45) is 0 Å². The zero-order valence-corrected chi connectivity index (χ0v) is 14.9. The number of non-ortho nitro benzene ring substituents is 1. The third kappa shape index (κ3) is 6.64. The molecule has 2 aromatic rings. The van der Waals surface area contributed by atoms with Crippen LogP contribution < -0.4 is 0 Å². The molecule has 0 spiro atoms. The molecule has 0 bridgehead atoms. The number of hydrogen-bond acceptors (Lipinski definition) is 6. The lowest BCUT2D eigenvalue weighted by Gasteiger charge is -2.06. The van der Waals surface area contributed by atoms with Gasteiger partial charge in [-0.2, -0.15) is 0 Å². The van der Waals surface area contributed by atoms with Crippen molar-refractivity contribution >= 4 is 21.5 Å². The van der Waals surface area contributed by atoms with Crippen LogP contribution in [0.2, 0.25) is 0 Å². The standard InChI is InChI=1S/C18H19NO6S/c20-18(25-13-16-8-10-17(11-9-16)19(21)22)14-26(23,24)12-4-7-15-5-2-1-3-6-15/h1-3,5-6,8-11H,4,7,12-14H2. The summed E-state index contributed by atoms with van der Waals surface area (Å²) in [6.07, 6.45) is 1.06. The fraction of sp³-hybridized carbons (Fsp3) is 0.278. The molecular weight excluding hydrogens is 358 g/mol. The van der Waals surface area contributed by atoms with Gasteiger partial charge in [0.15, 0.2) is 9.84 Å². The Morgan fingerprint density at radius 2 is 1.65 bits per heavy atom. The number of benzene rings is 2. The van der Waals surface area contributed by atoms with Crippen molar-refractivity contribution in [3.05, 3.63) is 75.8 Å². The van der Waals surface area contributed by atoms with Gasteiger partial charge in [-0.15, -0.1) is 0 Å². The number of carbonyl (C=O) groups excluding carboxylic acids is 1. The Kier molecular flexibility index (Phi) is 6.85. The summed E-state index contributed by atoms with van der Waals surface area (Å²) in [4.78, 5) is 21.8. The number of esters is 1. The van der Waals surface area contributed by atoms with Crippen molar-refractivity contribution < 1.29 is 22.9 Å². The second-order valence-electron chi connectivity index (χ2n) is 5.77. The van der Waals surface area contributed by atoms with Crippen molar-refractivity contribution in [3.8, 4) is 0 Å². The second kappa shape index (κ2) is 9.10. The van der Waals surface area contributed by atoms with Gasteiger partial charge in [0.2, 0.25) is 0 Å². The Labute approximate surface area is 151 Å². The highest BCUT2D eigenvalue weighted by atomic mass is 32.2. The van der Waals surface area contributed by atoms with Crippen LogP contribution in [0.5, 0.6) is 0 Å². The van der Waals surface area contributed by atoms with Crippen LogP contribution in [0.1, 0.15) is 17.5 Å². The van der Waals surface area contributed by atoms with Crippen molar-refractivity contribution in [1.29, 1.82) is 0 Å². The number of carbonyl (C=O) groups is 1. The van der Waals surface area contributed by atoms with E-state index >= 15 is 0 Å². The molecule has 8 heteroatoms. The van der Waals surface area contributed by atoms with Gasteiger partial charge in [-0.25, -0.2) is 8.42 Å². The van der Waals surface area contributed by atoms with E-state index in [0.717, 1.165) is 5.56 Å². The topological polar surface area (TPSA) is 104 Å². The molecule has 2 rings (SSSR count). The van der Waals surface area contributed by atoms with Crippen LogP contribution in [0.3, 0.4) is 0 Å². The molecule has 0 saturated heterocycles. The smallest absolute Gasteiger partial charge is 0.321 e. The molecule has 0 unspecified atom stereocenters. The minimum atomic E-state index is -3.54. The lowest BCUT2D eigenvalue weighted by Crippen LogP contribution is -2.21. The maximum atomic E-state index is 12.0. The van der Waals surface area contributed by atoms with E-state index in [0.29, 0.717) is 18.4 Å². The molecule has 138 valence electrons. The quantitative estimate of drug-likeness (QED) is 0.378. The number of nitro groups is 1. The van der Waals surface area contributed by atoms with E-state index in [1.54, 1.807) is 0 Å². The number of ether oxygens (including phenoxy) is 1. The molecule has 0 heterocycles. The Hall–Kier alpha value is -2.74. The summed E-state index contributed by atoms with van der Waals surface area (Å²) in [5.74, 6) is -1.59. The first-order valence-electron chi connectivity index (χ1n) is 7.99. The van der Waals surface area contributed by atoms with Gasteiger partial charge < -0.3 is 4.74 Å². The van der Waals surface area contributed by atoms with Gasteiger partial charge in [-0.1, -0.05) is 30.3 Å². The second-order valence-corrected chi connectivity index (χ2v) is 7.95. The van der Waals surface area contributed by atoms with Crippen LogP contribution in [-0.4, -0.2) is 30.8 Å². The number of sulfone groups is 1. The lowest BCUT2D eigenvalue weighted by atomic mass is 10.1. The minimum Gasteiger partial charge on any atom is -0.460 e. The molecule has 7 nitrogen and oxygen atoms in total. The van der Waals surface area contributed by atoms with E-state index in [1.807, 2.05) is 30.3 Å². The first kappa shape index (κ1) is 19.6. The van der Waals surface area contributed by atoms with Crippen LogP contribution in [0.25, 0.3) is 0 Å². The number of hydrogen-bond donors (Lipinski definition) is 0. The molecule has 0 N–H and O–H groups in total. The molecule has 0 aliphatic heterocycles. The predicted octanol–water partition coefficient (Wildman–Crippen LogP) is 2.69. The van der Waals surface area contributed by atoms with E-state index < -0.39 is 26.5 Å². The van der Waals surface area contributed by atoms with Crippen LogP contribution >= 0.6 is 0 Å². The van der Waals surface area contributed by atoms with Gasteiger partial charge in [-0.05, 0) is 36.1 Å². The minimum absolute atomic E-state index is 0.0685. The van der Waals surface area contributed by atoms with Crippen molar-refractivity contribution in [2.45, 2.75) is 19.4 Å². The maximum Gasteiger partial charge on any atom is 0.321 e. The van der Waals surface area contributed by atoms with Gasteiger partial charge in [0.05, 0.1) is 10.7 Å². The van der Waals surface area contributed by atoms with E-state index in [1.165, 1.54) is 24.3 Å². The fourth-order valence-electron chi connectivity index (χ4n) is 2.31. The number of rotatable bonds is 9. The van der Waals surface area contributed by atoms with E-state index in [9.17, 15) is 23.3 Å². The summed E-state index contributed by atoms with van der Waals surface area (Å²) in [5.41, 5.74) is 1.52. The van der Waals surface area contributed by atoms with Gasteiger partial charge in [-0.3, -0.25) is 14.9 Å². The van der Waals surface area contributed by atoms with Gasteiger partial charge >= 0.3 is 5.97 Å². The Bertz CT molecular complexity index is 847. The van der Waals surface area contributed by atoms with Crippen LogP contribution in [0.15, 0.2) is 54.6 Å². The first-order chi connectivity index (χ1) is 12.4. The van der Waals surface area contributed by atoms with Crippen LogP contribution in [0, 0.1) is 10.1 Å². The maximum absolute atomic E-state index is 12.0. The molecule has 0 saturated carbocycles. The summed E-state index contributed by atoms with van der Waals surface area (Å²) in [6.45, 7) is -0.129. The summed E-state index contributed by atoms with van der Waals surface area (Å²) in [6, 6.07) is 15.0. The highest BCUT2D eigenvalue weighted by Gasteiger charge is 2.18. The monoisotopic (exact) mass is 377 g/mol. The molecule has 26 heavy (non-hydrogen) atoms. The molecule has 0 radical (unpaired) electrons. The zero-order chi connectivity index (χ0) is 19.0. The van der Waals surface area contributed by atoms with E-state index in [4.69, 9.17) is 4.74 Å². The SMILES string of the molecule is O=C(CS(=O)(=O)CCCc1ccccc1)OCc1ccc([N+](=O)[O-])cc1. The van der Waals surface area contributed by atoms with Crippen LogP contribution in [0.4, 0.5) is 5.69 Å². The highest BCUT2D eigenvalue weighted by molar-refractivity contribution is 7.92.